The second-order valence-electron chi connectivity index (χ2n) is 3.67. The number of rotatable bonds is 5. The van der Waals surface area contributed by atoms with Crippen LogP contribution in [0.4, 0.5) is 5.69 Å². The van der Waals surface area contributed by atoms with Gasteiger partial charge in [0.1, 0.15) is 6.10 Å². The quantitative estimate of drug-likeness (QED) is 0.486. The van der Waals surface area contributed by atoms with Crippen molar-refractivity contribution < 1.29 is 33.9 Å². The largest absolute Gasteiger partial charge is 0.469 e. The summed E-state index contributed by atoms with van der Waals surface area (Å²) in [6.07, 6.45) is -1.24. The summed E-state index contributed by atoms with van der Waals surface area (Å²) in [5, 5.41) is 19.3. The molecule has 0 saturated carbocycles. The molecular formula is C11H18NO7P. The van der Waals surface area contributed by atoms with Crippen LogP contribution in [0.1, 0.15) is 6.92 Å². The van der Waals surface area contributed by atoms with Crippen molar-refractivity contribution in [1.29, 1.82) is 0 Å². The molecule has 1 aromatic rings. The highest BCUT2D eigenvalue weighted by atomic mass is 31.2. The van der Waals surface area contributed by atoms with Gasteiger partial charge in [-0.15, -0.1) is 0 Å². The van der Waals surface area contributed by atoms with Gasteiger partial charge in [-0.05, 0) is 12.1 Å². The van der Waals surface area contributed by atoms with Crippen LogP contribution < -0.4 is 5.32 Å². The summed E-state index contributed by atoms with van der Waals surface area (Å²) in [5.41, 5.74) is 0.843. The van der Waals surface area contributed by atoms with E-state index in [-0.39, 0.29) is 5.91 Å². The van der Waals surface area contributed by atoms with Gasteiger partial charge in [-0.25, -0.2) is 4.57 Å². The Labute approximate surface area is 116 Å². The molecule has 0 heterocycles. The standard InChI is InChI=1S/C8H9NO.C3H9O6P/c1-7(10)9-8-5-3-2-4-6-8;4-1-3(5)2-9-10(6,7)8/h2-6H,1H3,(H,9,10);3-5H,1-2H2,(H2,6,7,8). The lowest BCUT2D eigenvalue weighted by molar-refractivity contribution is -0.114. The van der Waals surface area contributed by atoms with E-state index in [1.54, 1.807) is 0 Å². The van der Waals surface area contributed by atoms with Crippen molar-refractivity contribution in [1.82, 2.24) is 0 Å². The van der Waals surface area contributed by atoms with Gasteiger partial charge >= 0.3 is 7.82 Å². The van der Waals surface area contributed by atoms with E-state index in [0.717, 1.165) is 5.69 Å². The molecule has 1 rings (SSSR count). The van der Waals surface area contributed by atoms with Crippen molar-refractivity contribution in [2.24, 2.45) is 0 Å². The van der Waals surface area contributed by atoms with E-state index in [1.807, 2.05) is 30.3 Å². The molecule has 1 unspecified atom stereocenters. The summed E-state index contributed by atoms with van der Waals surface area (Å²) in [6, 6.07) is 9.37. The van der Waals surface area contributed by atoms with Crippen molar-refractivity contribution in [2.75, 3.05) is 18.5 Å². The van der Waals surface area contributed by atoms with E-state index in [1.165, 1.54) is 6.92 Å². The van der Waals surface area contributed by atoms with E-state index in [2.05, 4.69) is 9.84 Å². The minimum Gasteiger partial charge on any atom is -0.394 e. The highest BCUT2D eigenvalue weighted by Crippen LogP contribution is 2.35. The molecular weight excluding hydrogens is 289 g/mol. The fourth-order valence-corrected chi connectivity index (χ4v) is 1.33. The fourth-order valence-electron chi connectivity index (χ4n) is 0.961. The van der Waals surface area contributed by atoms with Crippen LogP contribution in [0.15, 0.2) is 30.3 Å². The Morgan fingerprint density at radius 1 is 1.35 bits per heavy atom. The maximum atomic E-state index is 10.5. The number of para-hydroxylation sites is 1. The molecule has 1 amide bonds. The summed E-state index contributed by atoms with van der Waals surface area (Å²) in [5.74, 6) is -0.0359. The maximum Gasteiger partial charge on any atom is 0.469 e. The average molecular weight is 307 g/mol. The molecule has 0 spiro atoms. The van der Waals surface area contributed by atoms with Gasteiger partial charge in [0.25, 0.3) is 0 Å². The van der Waals surface area contributed by atoms with Crippen LogP contribution in [0.3, 0.4) is 0 Å². The van der Waals surface area contributed by atoms with Crippen molar-refractivity contribution in [2.45, 2.75) is 13.0 Å². The number of phosphoric ester groups is 1. The first-order valence-electron chi connectivity index (χ1n) is 5.56. The zero-order chi connectivity index (χ0) is 15.6. The number of hydrogen-bond acceptors (Lipinski definition) is 5. The first kappa shape index (κ1) is 18.7. The predicted octanol–water partition coefficient (Wildman–Crippen LogP) is 0.0939. The molecule has 0 aliphatic carbocycles. The average Bonchev–Trinajstić information content (AvgIpc) is 2.36. The molecule has 0 aliphatic heterocycles. The number of aliphatic hydroxyl groups is 2. The molecule has 9 heteroatoms. The Hall–Kier alpha value is -1.28. The Morgan fingerprint density at radius 3 is 2.30 bits per heavy atom. The van der Waals surface area contributed by atoms with Gasteiger partial charge in [-0.1, -0.05) is 18.2 Å². The number of anilines is 1. The van der Waals surface area contributed by atoms with Crippen LogP contribution in [0.5, 0.6) is 0 Å². The molecule has 0 aliphatic rings. The highest BCUT2D eigenvalue weighted by molar-refractivity contribution is 7.46. The van der Waals surface area contributed by atoms with Crippen molar-refractivity contribution in [3.05, 3.63) is 30.3 Å². The summed E-state index contributed by atoms with van der Waals surface area (Å²) in [6.45, 7) is 0.341. The topological polar surface area (TPSA) is 136 Å². The van der Waals surface area contributed by atoms with Gasteiger partial charge in [-0.2, -0.15) is 0 Å². The van der Waals surface area contributed by atoms with E-state index in [4.69, 9.17) is 20.0 Å². The lowest BCUT2D eigenvalue weighted by Gasteiger charge is -2.07. The van der Waals surface area contributed by atoms with Crippen molar-refractivity contribution in [3.8, 4) is 0 Å². The smallest absolute Gasteiger partial charge is 0.394 e. The van der Waals surface area contributed by atoms with E-state index in [9.17, 15) is 9.36 Å². The first-order valence-corrected chi connectivity index (χ1v) is 7.09. The van der Waals surface area contributed by atoms with Gasteiger partial charge in [0, 0.05) is 12.6 Å². The number of hydrogen-bond donors (Lipinski definition) is 5. The molecule has 0 saturated heterocycles. The number of aliphatic hydroxyl groups excluding tert-OH is 2. The lowest BCUT2D eigenvalue weighted by atomic mass is 10.3. The van der Waals surface area contributed by atoms with Crippen LogP contribution in [-0.2, 0) is 13.9 Å². The van der Waals surface area contributed by atoms with Crippen LogP contribution >= 0.6 is 7.82 Å². The van der Waals surface area contributed by atoms with Crippen LogP contribution in [0, 0.1) is 0 Å². The van der Waals surface area contributed by atoms with E-state index >= 15 is 0 Å². The lowest BCUT2D eigenvalue weighted by Crippen LogP contribution is -2.18. The summed E-state index contributed by atoms with van der Waals surface area (Å²) in [4.78, 5) is 26.6. The molecule has 5 N–H and O–H groups in total. The van der Waals surface area contributed by atoms with Gasteiger partial charge in [0.15, 0.2) is 0 Å². The van der Waals surface area contributed by atoms with Crippen molar-refractivity contribution in [3.63, 3.8) is 0 Å². The number of benzene rings is 1. The zero-order valence-corrected chi connectivity index (χ0v) is 11.7. The zero-order valence-electron chi connectivity index (χ0n) is 10.8. The SMILES string of the molecule is CC(=O)Nc1ccccc1.O=P(O)(O)OCC(O)CO. The summed E-state index contributed by atoms with van der Waals surface area (Å²) in [7, 11) is -4.50. The normalized spacial score (nSPS) is 12.1. The van der Waals surface area contributed by atoms with Gasteiger partial charge < -0.3 is 25.3 Å². The number of nitrogens with one attached hydrogen (secondary N) is 1. The number of amides is 1. The molecule has 0 bridgehead atoms. The minimum absolute atomic E-state index is 0.0359. The predicted molar refractivity (Wildman–Crippen MR) is 71.8 cm³/mol. The molecule has 0 fully saturated rings. The third-order valence-corrected chi connectivity index (χ3v) is 2.23. The fraction of sp³-hybridized carbons (Fsp3) is 0.364. The third kappa shape index (κ3) is 11.8. The minimum atomic E-state index is -4.50. The highest BCUT2D eigenvalue weighted by Gasteiger charge is 2.15. The molecule has 114 valence electrons. The molecule has 20 heavy (non-hydrogen) atoms. The summed E-state index contributed by atoms with van der Waals surface area (Å²) < 4.78 is 13.8. The number of carbonyl (C=O) groups excluding carboxylic acids is 1. The second-order valence-corrected chi connectivity index (χ2v) is 4.91. The van der Waals surface area contributed by atoms with Gasteiger partial charge in [0.2, 0.25) is 5.91 Å². The van der Waals surface area contributed by atoms with Crippen LogP contribution in [0.2, 0.25) is 0 Å². The number of phosphoric acid groups is 1. The first-order chi connectivity index (χ1) is 9.24. The molecule has 0 radical (unpaired) electrons. The Morgan fingerprint density at radius 2 is 1.90 bits per heavy atom. The maximum absolute atomic E-state index is 10.5. The van der Waals surface area contributed by atoms with Crippen LogP contribution in [0.25, 0.3) is 0 Å². The summed E-state index contributed by atoms with van der Waals surface area (Å²) >= 11 is 0. The third-order valence-electron chi connectivity index (χ3n) is 1.74. The molecule has 8 nitrogen and oxygen atoms in total. The van der Waals surface area contributed by atoms with E-state index in [0.29, 0.717) is 0 Å². The van der Waals surface area contributed by atoms with Gasteiger partial charge in [-0.3, -0.25) is 9.32 Å². The van der Waals surface area contributed by atoms with Gasteiger partial charge in [0.05, 0.1) is 13.2 Å². The molecule has 1 aromatic carbocycles. The van der Waals surface area contributed by atoms with Crippen LogP contribution in [-0.4, -0.2) is 45.2 Å². The molecule has 0 aromatic heterocycles. The van der Waals surface area contributed by atoms with Crippen molar-refractivity contribution >= 4 is 19.4 Å². The Kier molecular flexibility index (Phi) is 8.98. The Balaban J connectivity index is 0.000000361. The van der Waals surface area contributed by atoms with E-state index < -0.39 is 27.1 Å². The second kappa shape index (κ2) is 9.60. The number of carbonyl (C=O) groups is 1. The Bertz CT molecular complexity index is 434. The molecule has 1 atom stereocenters. The monoisotopic (exact) mass is 307 g/mol.